The summed E-state index contributed by atoms with van der Waals surface area (Å²) in [7, 11) is -2.97. The van der Waals surface area contributed by atoms with Gasteiger partial charge in [0.2, 0.25) is 7.44 Å². The van der Waals surface area contributed by atoms with Crippen LogP contribution in [-0.4, -0.2) is 12.1 Å². The standard InChI is InChI=1S/C18H29N2OP/c1-7-17(14(3)4)19-22(21,16-12-10-9-11-13-16)20-18(8-2)15(5)6/h7-15,17-18H,1-2H2,3-6H3,(H2,19,20,21)/t17-,18-/m0/s1. The third kappa shape index (κ3) is 4.95. The van der Waals surface area contributed by atoms with Gasteiger partial charge in [-0.05, 0) is 24.0 Å². The molecule has 0 saturated heterocycles. The van der Waals surface area contributed by atoms with Gasteiger partial charge < -0.3 is 0 Å². The van der Waals surface area contributed by atoms with Crippen molar-refractivity contribution in [3.05, 3.63) is 55.6 Å². The van der Waals surface area contributed by atoms with Gasteiger partial charge in [-0.3, -0.25) is 4.57 Å². The largest absolute Gasteiger partial charge is 0.284 e. The van der Waals surface area contributed by atoms with E-state index >= 15 is 0 Å². The highest BCUT2D eigenvalue weighted by Crippen LogP contribution is 2.38. The number of nitrogens with one attached hydrogen (secondary N) is 2. The van der Waals surface area contributed by atoms with Gasteiger partial charge in [-0.15, -0.1) is 13.2 Å². The molecule has 0 saturated carbocycles. The van der Waals surface area contributed by atoms with Crippen molar-refractivity contribution in [1.29, 1.82) is 0 Å². The first-order valence-corrected chi connectivity index (χ1v) is 9.51. The van der Waals surface area contributed by atoms with Gasteiger partial charge in [0, 0.05) is 17.4 Å². The molecule has 0 amide bonds. The normalized spacial score (nSPS) is 14.8. The van der Waals surface area contributed by atoms with E-state index in [2.05, 4.69) is 51.0 Å². The fourth-order valence-electron chi connectivity index (χ4n) is 2.19. The lowest BCUT2D eigenvalue weighted by atomic mass is 10.1. The van der Waals surface area contributed by atoms with E-state index in [-0.39, 0.29) is 12.1 Å². The highest BCUT2D eigenvalue weighted by molar-refractivity contribution is 7.67. The van der Waals surface area contributed by atoms with Crippen molar-refractivity contribution in [1.82, 2.24) is 10.2 Å². The summed E-state index contributed by atoms with van der Waals surface area (Å²) in [6, 6.07) is 9.45. The molecule has 4 heteroatoms. The Bertz CT molecular complexity index is 499. The minimum Gasteiger partial charge on any atom is -0.284 e. The zero-order valence-electron chi connectivity index (χ0n) is 14.1. The lowest BCUT2D eigenvalue weighted by Crippen LogP contribution is -2.42. The zero-order chi connectivity index (χ0) is 16.8. The second-order valence-corrected chi connectivity index (χ2v) is 8.47. The Kier molecular flexibility index (Phi) is 7.28. The first kappa shape index (κ1) is 18.9. The maximum Gasteiger partial charge on any atom is 0.241 e. The molecule has 0 aliphatic carbocycles. The summed E-state index contributed by atoms with van der Waals surface area (Å²) >= 11 is 0. The van der Waals surface area contributed by atoms with Gasteiger partial charge in [0.15, 0.2) is 0 Å². The predicted octanol–water partition coefficient (Wildman–Crippen LogP) is 4.11. The Morgan fingerprint density at radius 2 is 1.32 bits per heavy atom. The molecule has 3 nitrogen and oxygen atoms in total. The molecule has 0 bridgehead atoms. The van der Waals surface area contributed by atoms with Crippen LogP contribution in [0.1, 0.15) is 27.7 Å². The van der Waals surface area contributed by atoms with Crippen LogP contribution in [0.4, 0.5) is 0 Å². The van der Waals surface area contributed by atoms with Crippen LogP contribution in [0.5, 0.6) is 0 Å². The molecule has 1 aromatic rings. The van der Waals surface area contributed by atoms with E-state index in [4.69, 9.17) is 0 Å². The summed E-state index contributed by atoms with van der Waals surface area (Å²) < 4.78 is 13.6. The van der Waals surface area contributed by atoms with Gasteiger partial charge >= 0.3 is 0 Å². The summed E-state index contributed by atoms with van der Waals surface area (Å²) in [5.41, 5.74) is 0. The highest BCUT2D eigenvalue weighted by atomic mass is 31.2. The van der Waals surface area contributed by atoms with E-state index < -0.39 is 7.44 Å². The molecule has 0 aliphatic heterocycles. The maximum atomic E-state index is 13.6. The van der Waals surface area contributed by atoms with Crippen molar-refractivity contribution in [2.24, 2.45) is 11.8 Å². The van der Waals surface area contributed by atoms with Crippen LogP contribution >= 0.6 is 7.44 Å². The minimum absolute atomic E-state index is 0.0313. The molecule has 1 rings (SSSR count). The Balaban J connectivity index is 3.18. The van der Waals surface area contributed by atoms with E-state index in [0.29, 0.717) is 11.8 Å². The second kappa shape index (κ2) is 8.47. The van der Waals surface area contributed by atoms with Crippen molar-refractivity contribution in [2.75, 3.05) is 0 Å². The van der Waals surface area contributed by atoms with Crippen LogP contribution in [-0.2, 0) is 4.57 Å². The van der Waals surface area contributed by atoms with Crippen LogP contribution in [0.3, 0.4) is 0 Å². The van der Waals surface area contributed by atoms with E-state index in [1.165, 1.54) is 0 Å². The lowest BCUT2D eigenvalue weighted by molar-refractivity contribution is 0.480. The Morgan fingerprint density at radius 3 is 1.64 bits per heavy atom. The molecule has 0 heterocycles. The fourth-order valence-corrected chi connectivity index (χ4v) is 4.80. The molecular formula is C18H29N2OP. The highest BCUT2D eigenvalue weighted by Gasteiger charge is 2.30. The van der Waals surface area contributed by atoms with Crippen molar-refractivity contribution in [2.45, 2.75) is 39.8 Å². The number of hydrogen-bond donors (Lipinski definition) is 2. The average Bonchev–Trinajstić information content (AvgIpc) is 2.50. The van der Waals surface area contributed by atoms with Crippen LogP contribution in [0, 0.1) is 11.8 Å². The quantitative estimate of drug-likeness (QED) is 0.531. The van der Waals surface area contributed by atoms with E-state index in [1.807, 2.05) is 42.5 Å². The summed E-state index contributed by atoms with van der Waals surface area (Å²) in [6.07, 6.45) is 3.64. The first-order chi connectivity index (χ1) is 10.3. The molecule has 2 atom stereocenters. The average molecular weight is 320 g/mol. The zero-order valence-corrected chi connectivity index (χ0v) is 15.0. The van der Waals surface area contributed by atoms with E-state index in [0.717, 1.165) is 5.30 Å². The van der Waals surface area contributed by atoms with Crippen molar-refractivity contribution < 1.29 is 4.57 Å². The third-order valence-electron chi connectivity index (χ3n) is 3.73. The van der Waals surface area contributed by atoms with Gasteiger partial charge in [-0.25, -0.2) is 10.2 Å². The van der Waals surface area contributed by atoms with E-state index in [1.54, 1.807) is 0 Å². The topological polar surface area (TPSA) is 41.1 Å². The Morgan fingerprint density at radius 1 is 0.909 bits per heavy atom. The fraction of sp³-hybridized carbons (Fsp3) is 0.444. The number of hydrogen-bond acceptors (Lipinski definition) is 1. The lowest BCUT2D eigenvalue weighted by Gasteiger charge is -2.31. The maximum absolute atomic E-state index is 13.6. The van der Waals surface area contributed by atoms with Crippen molar-refractivity contribution in [3.63, 3.8) is 0 Å². The Hall–Kier alpha value is -1.15. The van der Waals surface area contributed by atoms with E-state index in [9.17, 15) is 4.57 Å². The molecular weight excluding hydrogens is 291 g/mol. The molecule has 0 fully saturated rings. The molecule has 0 radical (unpaired) electrons. The van der Waals surface area contributed by atoms with Crippen molar-refractivity contribution in [3.8, 4) is 0 Å². The Labute approximate surface area is 135 Å². The van der Waals surface area contributed by atoms with Crippen LogP contribution in [0.25, 0.3) is 0 Å². The third-order valence-corrected chi connectivity index (χ3v) is 6.07. The van der Waals surface area contributed by atoms with Gasteiger partial charge in [0.25, 0.3) is 0 Å². The van der Waals surface area contributed by atoms with Crippen LogP contribution in [0.2, 0.25) is 0 Å². The monoisotopic (exact) mass is 320 g/mol. The molecule has 1 aromatic carbocycles. The molecule has 22 heavy (non-hydrogen) atoms. The van der Waals surface area contributed by atoms with Crippen molar-refractivity contribution >= 4 is 12.7 Å². The summed E-state index contributed by atoms with van der Waals surface area (Å²) in [6.45, 7) is 16.1. The molecule has 0 aliphatic rings. The van der Waals surface area contributed by atoms with Crippen LogP contribution in [0.15, 0.2) is 55.6 Å². The van der Waals surface area contributed by atoms with Gasteiger partial charge in [-0.1, -0.05) is 58.0 Å². The van der Waals surface area contributed by atoms with Crippen LogP contribution < -0.4 is 15.5 Å². The molecule has 0 aromatic heterocycles. The number of benzene rings is 1. The van der Waals surface area contributed by atoms with Gasteiger partial charge in [-0.2, -0.15) is 0 Å². The van der Waals surface area contributed by atoms with Gasteiger partial charge in [0.1, 0.15) is 0 Å². The molecule has 122 valence electrons. The smallest absolute Gasteiger partial charge is 0.241 e. The summed E-state index contributed by atoms with van der Waals surface area (Å²) in [4.78, 5) is 0. The molecule has 0 unspecified atom stereocenters. The SMILES string of the molecule is C=C[C@H](NP(=O)(N[C@@H](C=C)C(C)C)c1ccccc1)C(C)C. The second-order valence-electron chi connectivity index (χ2n) is 6.21. The minimum atomic E-state index is -2.97. The summed E-state index contributed by atoms with van der Waals surface area (Å²) in [5, 5.41) is 7.36. The molecule has 2 N–H and O–H groups in total. The first-order valence-electron chi connectivity index (χ1n) is 7.80. The number of rotatable bonds is 9. The van der Waals surface area contributed by atoms with Gasteiger partial charge in [0.05, 0.1) is 0 Å². The molecule has 0 spiro atoms. The predicted molar refractivity (Wildman–Crippen MR) is 97.6 cm³/mol. The summed E-state index contributed by atoms with van der Waals surface area (Å²) in [5.74, 6) is 0.607.